The Balaban J connectivity index is 1.84. The van der Waals surface area contributed by atoms with Gasteiger partial charge in [0.25, 0.3) is 0 Å². The summed E-state index contributed by atoms with van der Waals surface area (Å²) in [7, 11) is -0.444. The van der Waals surface area contributed by atoms with Gasteiger partial charge >= 0.3 is 7.12 Å². The highest BCUT2D eigenvalue weighted by Gasteiger charge is 2.51. The molecule has 1 saturated heterocycles. The van der Waals surface area contributed by atoms with Gasteiger partial charge in [-0.3, -0.25) is 0 Å². The summed E-state index contributed by atoms with van der Waals surface area (Å²) < 4.78 is 25.8. The first-order valence-corrected chi connectivity index (χ1v) is 7.20. The lowest BCUT2D eigenvalue weighted by molar-refractivity contribution is 0.00578. The van der Waals surface area contributed by atoms with Gasteiger partial charge in [-0.1, -0.05) is 6.07 Å². The second-order valence-corrected chi connectivity index (χ2v) is 6.75. The molecule has 2 fully saturated rings. The second-order valence-electron chi connectivity index (χ2n) is 6.75. The highest BCUT2D eigenvalue weighted by Crippen LogP contribution is 2.36. The zero-order valence-electron chi connectivity index (χ0n) is 12.5. The minimum absolute atomic E-state index is 0.225. The number of nitrogens with one attached hydrogen (secondary N) is 1. The quantitative estimate of drug-likeness (QED) is 0.862. The summed E-state index contributed by atoms with van der Waals surface area (Å²) in [4.78, 5) is 0. The van der Waals surface area contributed by atoms with E-state index >= 15 is 0 Å². The Morgan fingerprint density at radius 1 is 1.15 bits per heavy atom. The molecule has 0 spiro atoms. The van der Waals surface area contributed by atoms with E-state index in [4.69, 9.17) is 9.31 Å². The van der Waals surface area contributed by atoms with Crippen LogP contribution in [-0.4, -0.2) is 24.4 Å². The van der Waals surface area contributed by atoms with Crippen LogP contribution in [0.4, 0.5) is 10.1 Å². The van der Waals surface area contributed by atoms with Gasteiger partial charge in [-0.2, -0.15) is 0 Å². The standard InChI is InChI=1S/C15H21BFNO2/c1-14(2)15(3,4)20-16(19-14)10-5-8-12(17)13(9-10)18-11-6-7-11/h5,8-9,11,18H,6-7H2,1-4H3. The summed E-state index contributed by atoms with van der Waals surface area (Å²) in [6.07, 6.45) is 2.22. The van der Waals surface area contributed by atoms with Crippen LogP contribution >= 0.6 is 0 Å². The van der Waals surface area contributed by atoms with Gasteiger partial charge in [0.2, 0.25) is 0 Å². The summed E-state index contributed by atoms with van der Waals surface area (Å²) in [6.45, 7) is 8.06. The molecule has 0 amide bonds. The zero-order chi connectivity index (χ0) is 14.5. The van der Waals surface area contributed by atoms with Crippen molar-refractivity contribution < 1.29 is 13.7 Å². The van der Waals surface area contributed by atoms with Crippen molar-refractivity contribution in [3.05, 3.63) is 24.0 Å². The van der Waals surface area contributed by atoms with Gasteiger partial charge < -0.3 is 14.6 Å². The summed E-state index contributed by atoms with van der Waals surface area (Å²) >= 11 is 0. The van der Waals surface area contributed by atoms with Gasteiger partial charge in [0.15, 0.2) is 0 Å². The fourth-order valence-electron chi connectivity index (χ4n) is 2.23. The SMILES string of the molecule is CC1(C)OB(c2ccc(F)c(NC3CC3)c2)OC1(C)C. The Morgan fingerprint density at radius 2 is 1.75 bits per heavy atom. The van der Waals surface area contributed by atoms with E-state index in [1.165, 1.54) is 6.07 Å². The Hall–Kier alpha value is -1.07. The van der Waals surface area contributed by atoms with Crippen LogP contribution < -0.4 is 10.8 Å². The van der Waals surface area contributed by atoms with E-state index < -0.39 is 7.12 Å². The van der Waals surface area contributed by atoms with Gasteiger partial charge in [0, 0.05) is 6.04 Å². The molecule has 1 N–H and O–H groups in total. The molecule has 3 rings (SSSR count). The molecule has 0 atom stereocenters. The van der Waals surface area contributed by atoms with E-state index in [-0.39, 0.29) is 17.0 Å². The zero-order valence-corrected chi connectivity index (χ0v) is 12.5. The van der Waals surface area contributed by atoms with Crippen LogP contribution in [0.2, 0.25) is 0 Å². The van der Waals surface area contributed by atoms with E-state index in [1.807, 2.05) is 27.7 Å². The van der Waals surface area contributed by atoms with Crippen LogP contribution in [0.25, 0.3) is 0 Å². The van der Waals surface area contributed by atoms with Gasteiger partial charge in [-0.15, -0.1) is 0 Å². The summed E-state index contributed by atoms with van der Waals surface area (Å²) in [5, 5.41) is 3.20. The van der Waals surface area contributed by atoms with Gasteiger partial charge in [-0.25, -0.2) is 4.39 Å². The van der Waals surface area contributed by atoms with Crippen molar-refractivity contribution in [1.82, 2.24) is 0 Å². The van der Waals surface area contributed by atoms with E-state index in [0.717, 1.165) is 18.3 Å². The summed E-state index contributed by atoms with van der Waals surface area (Å²) in [5.74, 6) is -0.225. The predicted octanol–water partition coefficient (Wildman–Crippen LogP) is 2.70. The molecular weight excluding hydrogens is 256 g/mol. The van der Waals surface area contributed by atoms with E-state index in [1.54, 1.807) is 12.1 Å². The average Bonchev–Trinajstić information content (AvgIpc) is 3.10. The monoisotopic (exact) mass is 277 g/mol. The van der Waals surface area contributed by atoms with Crippen LogP contribution in [-0.2, 0) is 9.31 Å². The van der Waals surface area contributed by atoms with Crippen LogP contribution in [0.1, 0.15) is 40.5 Å². The third kappa shape index (κ3) is 2.45. The molecule has 20 heavy (non-hydrogen) atoms. The fraction of sp³-hybridized carbons (Fsp3) is 0.600. The number of hydrogen-bond donors (Lipinski definition) is 1. The molecule has 1 aromatic rings. The molecule has 1 aromatic carbocycles. The van der Waals surface area contributed by atoms with E-state index in [2.05, 4.69) is 5.32 Å². The first kappa shape index (κ1) is 13.9. The van der Waals surface area contributed by atoms with Gasteiger partial charge in [0.05, 0.1) is 16.9 Å². The number of benzene rings is 1. The smallest absolute Gasteiger partial charge is 0.399 e. The topological polar surface area (TPSA) is 30.5 Å². The number of hydrogen-bond acceptors (Lipinski definition) is 3. The van der Waals surface area contributed by atoms with Crippen molar-refractivity contribution in [3.8, 4) is 0 Å². The molecule has 1 aliphatic heterocycles. The summed E-state index contributed by atoms with van der Waals surface area (Å²) in [5.41, 5.74) is 0.639. The Bertz CT molecular complexity index is 513. The van der Waals surface area contributed by atoms with Crippen LogP contribution in [0.3, 0.4) is 0 Å². The van der Waals surface area contributed by atoms with Gasteiger partial charge in [-0.05, 0) is 58.1 Å². The largest absolute Gasteiger partial charge is 0.494 e. The third-order valence-electron chi connectivity index (χ3n) is 4.45. The van der Waals surface area contributed by atoms with Crippen molar-refractivity contribution in [2.24, 2.45) is 0 Å². The third-order valence-corrected chi connectivity index (χ3v) is 4.45. The molecule has 108 valence electrons. The average molecular weight is 277 g/mol. The van der Waals surface area contributed by atoms with Crippen LogP contribution in [0.15, 0.2) is 18.2 Å². The highest BCUT2D eigenvalue weighted by atomic mass is 19.1. The molecule has 1 heterocycles. The predicted molar refractivity (Wildman–Crippen MR) is 78.8 cm³/mol. The lowest BCUT2D eigenvalue weighted by atomic mass is 9.79. The van der Waals surface area contributed by atoms with Crippen molar-refractivity contribution in [2.75, 3.05) is 5.32 Å². The van der Waals surface area contributed by atoms with Crippen LogP contribution in [0, 0.1) is 5.82 Å². The first-order valence-electron chi connectivity index (χ1n) is 7.20. The van der Waals surface area contributed by atoms with Crippen LogP contribution in [0.5, 0.6) is 0 Å². The first-order chi connectivity index (χ1) is 9.28. The number of anilines is 1. The molecule has 0 bridgehead atoms. The Labute approximate surface area is 120 Å². The molecule has 0 aromatic heterocycles. The highest BCUT2D eigenvalue weighted by molar-refractivity contribution is 6.62. The van der Waals surface area contributed by atoms with Crippen molar-refractivity contribution >= 4 is 18.3 Å². The molecular formula is C15H21BFNO2. The molecule has 1 saturated carbocycles. The maximum Gasteiger partial charge on any atom is 0.494 e. The maximum atomic E-state index is 13.8. The summed E-state index contributed by atoms with van der Waals surface area (Å²) in [6, 6.07) is 5.43. The lowest BCUT2D eigenvalue weighted by Crippen LogP contribution is -2.41. The molecule has 0 unspecified atom stereocenters. The normalized spacial score (nSPS) is 23.9. The minimum Gasteiger partial charge on any atom is -0.399 e. The Morgan fingerprint density at radius 3 is 2.30 bits per heavy atom. The van der Waals surface area contributed by atoms with Crippen molar-refractivity contribution in [1.29, 1.82) is 0 Å². The van der Waals surface area contributed by atoms with E-state index in [0.29, 0.717) is 11.7 Å². The Kier molecular flexibility index (Phi) is 3.10. The molecule has 0 radical (unpaired) electrons. The minimum atomic E-state index is -0.444. The number of rotatable bonds is 3. The second kappa shape index (κ2) is 4.47. The van der Waals surface area contributed by atoms with Gasteiger partial charge in [0.1, 0.15) is 5.82 Å². The molecule has 2 aliphatic rings. The molecule has 5 heteroatoms. The lowest BCUT2D eigenvalue weighted by Gasteiger charge is -2.32. The van der Waals surface area contributed by atoms with Crippen molar-refractivity contribution in [2.45, 2.75) is 57.8 Å². The maximum absolute atomic E-state index is 13.8. The molecule has 3 nitrogen and oxygen atoms in total. The van der Waals surface area contributed by atoms with Crippen molar-refractivity contribution in [3.63, 3.8) is 0 Å². The number of halogens is 1. The van der Waals surface area contributed by atoms with E-state index in [9.17, 15) is 4.39 Å². The fourth-order valence-corrected chi connectivity index (χ4v) is 2.23. The molecule has 1 aliphatic carbocycles.